The first-order valence-electron chi connectivity index (χ1n) is 8.28. The molecule has 0 bridgehead atoms. The number of fused-ring (bicyclic) bond motifs is 1. The highest BCUT2D eigenvalue weighted by Gasteiger charge is 2.19. The second-order valence-corrected chi connectivity index (χ2v) is 7.35. The van der Waals surface area contributed by atoms with E-state index >= 15 is 0 Å². The Morgan fingerprint density at radius 1 is 1.30 bits per heavy atom. The first-order valence-corrected chi connectivity index (χ1v) is 8.28. The maximum atomic E-state index is 12.2. The van der Waals surface area contributed by atoms with E-state index in [1.165, 1.54) is 5.56 Å². The second kappa shape index (κ2) is 7.18. The summed E-state index contributed by atoms with van der Waals surface area (Å²) in [6.45, 7) is 10.3. The first kappa shape index (κ1) is 17.5. The summed E-state index contributed by atoms with van der Waals surface area (Å²) in [5.41, 5.74) is 2.13. The van der Waals surface area contributed by atoms with Gasteiger partial charge in [0.25, 0.3) is 0 Å². The molecule has 1 N–H and O–H groups in total. The number of carbonyl (C=O) groups is 1. The lowest BCUT2D eigenvalue weighted by Gasteiger charge is -2.17. The monoisotopic (exact) mass is 316 g/mol. The van der Waals surface area contributed by atoms with Gasteiger partial charge in [0, 0.05) is 23.6 Å². The van der Waals surface area contributed by atoms with Crippen LogP contribution in [0.15, 0.2) is 24.4 Å². The van der Waals surface area contributed by atoms with E-state index in [4.69, 9.17) is 4.74 Å². The van der Waals surface area contributed by atoms with Gasteiger partial charge < -0.3 is 14.6 Å². The number of ether oxygens (including phenoxy) is 1. The van der Waals surface area contributed by atoms with E-state index in [2.05, 4.69) is 23.9 Å². The van der Waals surface area contributed by atoms with Crippen molar-refractivity contribution in [3.63, 3.8) is 0 Å². The molecule has 0 unspecified atom stereocenters. The van der Waals surface area contributed by atoms with Crippen molar-refractivity contribution in [1.29, 1.82) is 0 Å². The topological polar surface area (TPSA) is 45.3 Å². The van der Waals surface area contributed by atoms with Crippen LogP contribution in [0, 0.1) is 5.41 Å². The van der Waals surface area contributed by atoms with Crippen molar-refractivity contribution in [2.45, 2.75) is 40.5 Å². The van der Waals surface area contributed by atoms with Gasteiger partial charge in [0.2, 0.25) is 0 Å². The van der Waals surface area contributed by atoms with Gasteiger partial charge >= 0.3 is 5.97 Å². The zero-order valence-electron chi connectivity index (χ0n) is 14.9. The largest absolute Gasteiger partial charge is 0.426 e. The summed E-state index contributed by atoms with van der Waals surface area (Å²) in [6.07, 6.45) is 3.36. The molecule has 0 spiro atoms. The Balaban J connectivity index is 2.22. The molecule has 1 heterocycles. The Labute approximate surface area is 138 Å². The number of hydrogen-bond donors (Lipinski definition) is 1. The molecule has 0 saturated heterocycles. The molecule has 0 saturated carbocycles. The summed E-state index contributed by atoms with van der Waals surface area (Å²) in [5.74, 6) is 0.481. The van der Waals surface area contributed by atoms with Crippen molar-refractivity contribution in [1.82, 2.24) is 9.88 Å². The molecular weight excluding hydrogens is 288 g/mol. The molecule has 4 nitrogen and oxygen atoms in total. The Kier molecular flexibility index (Phi) is 5.47. The molecule has 4 heteroatoms. The third kappa shape index (κ3) is 4.83. The van der Waals surface area contributed by atoms with Crippen LogP contribution in [0.2, 0.25) is 0 Å². The van der Waals surface area contributed by atoms with Crippen molar-refractivity contribution in [3.8, 4) is 5.75 Å². The predicted octanol–water partition coefficient (Wildman–Crippen LogP) is 4.00. The van der Waals surface area contributed by atoms with Gasteiger partial charge in [-0.25, -0.2) is 0 Å². The smallest absolute Gasteiger partial charge is 0.311 e. The SMILES string of the molecule is CCN(C)CCc1c[nH]c2cccc(OC(=O)CC(C)(C)C)c12. The molecule has 0 aliphatic heterocycles. The van der Waals surface area contributed by atoms with Crippen LogP contribution in [0.3, 0.4) is 0 Å². The lowest BCUT2D eigenvalue weighted by Crippen LogP contribution is -2.20. The number of esters is 1. The van der Waals surface area contributed by atoms with Crippen molar-refractivity contribution in [3.05, 3.63) is 30.0 Å². The average molecular weight is 316 g/mol. The summed E-state index contributed by atoms with van der Waals surface area (Å²) in [7, 11) is 2.11. The molecular formula is C19H28N2O2. The van der Waals surface area contributed by atoms with Crippen molar-refractivity contribution < 1.29 is 9.53 Å². The van der Waals surface area contributed by atoms with E-state index in [1.54, 1.807) is 0 Å². The molecule has 1 aromatic heterocycles. The van der Waals surface area contributed by atoms with Crippen LogP contribution >= 0.6 is 0 Å². The molecule has 2 aromatic rings. The lowest BCUT2D eigenvalue weighted by atomic mass is 9.92. The van der Waals surface area contributed by atoms with Crippen molar-refractivity contribution >= 4 is 16.9 Å². The highest BCUT2D eigenvalue weighted by Crippen LogP contribution is 2.30. The number of carbonyl (C=O) groups excluding carboxylic acids is 1. The van der Waals surface area contributed by atoms with Crippen LogP contribution in [0.25, 0.3) is 10.9 Å². The van der Waals surface area contributed by atoms with E-state index in [0.717, 1.165) is 30.4 Å². The van der Waals surface area contributed by atoms with E-state index in [-0.39, 0.29) is 11.4 Å². The molecule has 0 aliphatic rings. The summed E-state index contributed by atoms with van der Waals surface area (Å²) in [4.78, 5) is 17.7. The number of H-pyrrole nitrogens is 1. The molecule has 126 valence electrons. The Morgan fingerprint density at radius 2 is 2.04 bits per heavy atom. The minimum atomic E-state index is -0.178. The normalized spacial score (nSPS) is 12.1. The van der Waals surface area contributed by atoms with Gasteiger partial charge in [0.1, 0.15) is 5.75 Å². The fourth-order valence-corrected chi connectivity index (χ4v) is 2.56. The maximum Gasteiger partial charge on any atom is 0.311 e. The van der Waals surface area contributed by atoms with Crippen LogP contribution in [0.1, 0.15) is 39.7 Å². The Hall–Kier alpha value is -1.81. The Bertz CT molecular complexity index is 668. The van der Waals surface area contributed by atoms with Gasteiger partial charge in [0.05, 0.1) is 6.42 Å². The third-order valence-electron chi connectivity index (χ3n) is 3.95. The molecule has 0 fully saturated rings. The van der Waals surface area contributed by atoms with E-state index in [9.17, 15) is 4.79 Å². The van der Waals surface area contributed by atoms with Gasteiger partial charge in [-0.15, -0.1) is 0 Å². The fraction of sp³-hybridized carbons (Fsp3) is 0.526. The molecule has 23 heavy (non-hydrogen) atoms. The number of benzene rings is 1. The average Bonchev–Trinajstić information content (AvgIpc) is 2.87. The lowest BCUT2D eigenvalue weighted by molar-refractivity contribution is -0.136. The minimum Gasteiger partial charge on any atom is -0.426 e. The number of aromatic amines is 1. The summed E-state index contributed by atoms with van der Waals surface area (Å²) in [6, 6.07) is 5.81. The van der Waals surface area contributed by atoms with Crippen LogP contribution < -0.4 is 4.74 Å². The van der Waals surface area contributed by atoms with Crippen LogP contribution in [0.5, 0.6) is 5.75 Å². The van der Waals surface area contributed by atoms with Crippen LogP contribution in [-0.2, 0) is 11.2 Å². The quantitative estimate of drug-likeness (QED) is 0.647. The second-order valence-electron chi connectivity index (χ2n) is 7.35. The number of hydrogen-bond acceptors (Lipinski definition) is 3. The third-order valence-corrected chi connectivity index (χ3v) is 3.95. The highest BCUT2D eigenvalue weighted by molar-refractivity contribution is 5.91. The summed E-state index contributed by atoms with van der Waals surface area (Å²) in [5, 5.41) is 1.03. The first-order chi connectivity index (χ1) is 10.8. The maximum absolute atomic E-state index is 12.2. The number of aromatic nitrogens is 1. The van der Waals surface area contributed by atoms with Gasteiger partial charge in [-0.2, -0.15) is 0 Å². The van der Waals surface area contributed by atoms with E-state index < -0.39 is 0 Å². The standard InChI is InChI=1S/C19H28N2O2/c1-6-21(5)11-10-14-13-20-15-8-7-9-16(18(14)15)23-17(22)12-19(2,3)4/h7-9,13,20H,6,10-12H2,1-5H3. The Morgan fingerprint density at radius 3 is 2.70 bits per heavy atom. The van der Waals surface area contributed by atoms with Gasteiger partial charge in [-0.05, 0) is 43.1 Å². The van der Waals surface area contributed by atoms with Crippen molar-refractivity contribution in [2.24, 2.45) is 5.41 Å². The summed E-state index contributed by atoms with van der Waals surface area (Å²) >= 11 is 0. The molecule has 0 radical (unpaired) electrons. The number of nitrogens with one attached hydrogen (secondary N) is 1. The van der Waals surface area contributed by atoms with Crippen LogP contribution in [-0.4, -0.2) is 36.0 Å². The number of nitrogens with zero attached hydrogens (tertiary/aromatic N) is 1. The molecule has 1 aromatic carbocycles. The molecule has 0 atom stereocenters. The summed E-state index contributed by atoms with van der Waals surface area (Å²) < 4.78 is 5.66. The van der Waals surface area contributed by atoms with Gasteiger partial charge in [0.15, 0.2) is 0 Å². The van der Waals surface area contributed by atoms with E-state index in [0.29, 0.717) is 12.2 Å². The zero-order chi connectivity index (χ0) is 17.0. The van der Waals surface area contributed by atoms with E-state index in [1.807, 2.05) is 45.2 Å². The highest BCUT2D eigenvalue weighted by atomic mass is 16.5. The molecule has 2 rings (SSSR count). The number of rotatable bonds is 6. The van der Waals surface area contributed by atoms with Gasteiger partial charge in [-0.3, -0.25) is 4.79 Å². The van der Waals surface area contributed by atoms with Gasteiger partial charge in [-0.1, -0.05) is 33.8 Å². The number of likely N-dealkylation sites (N-methyl/N-ethyl adjacent to an activating group) is 1. The zero-order valence-corrected chi connectivity index (χ0v) is 14.9. The predicted molar refractivity (Wildman–Crippen MR) is 94.9 cm³/mol. The molecule has 0 amide bonds. The fourth-order valence-electron chi connectivity index (χ4n) is 2.56. The minimum absolute atomic E-state index is 0.0736. The van der Waals surface area contributed by atoms with Crippen molar-refractivity contribution in [2.75, 3.05) is 20.1 Å². The molecule has 0 aliphatic carbocycles. The van der Waals surface area contributed by atoms with Crippen LogP contribution in [0.4, 0.5) is 0 Å².